The van der Waals surface area contributed by atoms with Crippen LogP contribution in [0, 0.1) is 0 Å². The molecule has 0 bridgehead atoms. The van der Waals surface area contributed by atoms with E-state index in [2.05, 4.69) is 195 Å². The summed E-state index contributed by atoms with van der Waals surface area (Å²) in [7, 11) is 0. The number of aromatic nitrogens is 2. The van der Waals surface area contributed by atoms with Gasteiger partial charge < -0.3 is 19.3 Å². The molecule has 9 aromatic rings. The van der Waals surface area contributed by atoms with Gasteiger partial charge in [0.25, 0.3) is 0 Å². The van der Waals surface area contributed by atoms with Gasteiger partial charge in [-0.15, -0.1) is 0 Å². The summed E-state index contributed by atoms with van der Waals surface area (Å²) >= 11 is 0. The molecule has 3 heterocycles. The molecule has 52 heavy (non-hydrogen) atoms. The summed E-state index contributed by atoms with van der Waals surface area (Å²) in [5, 5.41) is 4.94. The molecule has 0 radical (unpaired) electrons. The van der Waals surface area contributed by atoms with Gasteiger partial charge in [-0.3, -0.25) is 0 Å². The largest absolute Gasteiger partial charge is 0.337 e. The van der Waals surface area contributed by atoms with Gasteiger partial charge in [0.05, 0.1) is 16.7 Å². The number of rotatable bonds is 6. The van der Waals surface area contributed by atoms with E-state index < -0.39 is 0 Å². The summed E-state index contributed by atoms with van der Waals surface area (Å²) in [6.45, 7) is 1.64. The Morgan fingerprint density at radius 3 is 1.92 bits per heavy atom. The molecule has 0 atom stereocenters. The Balaban J connectivity index is 1.00. The van der Waals surface area contributed by atoms with Gasteiger partial charge in [0.15, 0.2) is 5.82 Å². The third kappa shape index (κ3) is 5.05. The summed E-state index contributed by atoms with van der Waals surface area (Å²) in [6, 6.07) is 65.1. The van der Waals surface area contributed by atoms with Gasteiger partial charge in [0.1, 0.15) is 0 Å². The van der Waals surface area contributed by atoms with Gasteiger partial charge in [-0.2, -0.15) is 0 Å². The lowest BCUT2D eigenvalue weighted by Crippen LogP contribution is -2.36. The molecule has 2 aromatic heterocycles. The van der Waals surface area contributed by atoms with Crippen LogP contribution >= 0.6 is 0 Å². The van der Waals surface area contributed by atoms with Crippen molar-refractivity contribution in [1.82, 2.24) is 9.55 Å². The fourth-order valence-corrected chi connectivity index (χ4v) is 7.86. The zero-order chi connectivity index (χ0) is 34.4. The van der Waals surface area contributed by atoms with Crippen molar-refractivity contribution >= 4 is 72.5 Å². The fourth-order valence-electron chi connectivity index (χ4n) is 7.86. The number of fused-ring (bicyclic) bond motifs is 5. The molecule has 0 N–H and O–H groups in total. The summed E-state index contributed by atoms with van der Waals surface area (Å²) in [5.74, 6) is 0.964. The van der Waals surface area contributed by atoms with Gasteiger partial charge >= 0.3 is 0 Å². The molecular formula is C47H35N5. The smallest absolute Gasteiger partial charge is 0.157 e. The van der Waals surface area contributed by atoms with Crippen LogP contribution in [-0.2, 0) is 0 Å². The van der Waals surface area contributed by atoms with Gasteiger partial charge in [0, 0.05) is 64.2 Å². The molecule has 1 aliphatic rings. The van der Waals surface area contributed by atoms with Crippen molar-refractivity contribution < 1.29 is 0 Å². The Hall–Kier alpha value is -6.85. The average Bonchev–Trinajstić information content (AvgIpc) is 3.55. The van der Waals surface area contributed by atoms with Crippen LogP contribution in [0.5, 0.6) is 0 Å². The molecule has 0 fully saturated rings. The molecule has 10 rings (SSSR count). The van der Waals surface area contributed by atoms with Crippen LogP contribution in [0.2, 0.25) is 0 Å². The first-order chi connectivity index (χ1) is 25.8. The molecule has 0 spiro atoms. The van der Waals surface area contributed by atoms with Crippen LogP contribution in [-0.4, -0.2) is 22.6 Å². The SMILES string of the molecule is c1ccc(N(c2ccc(N3CCN(c4ccc5c(c4)c4ccccc4n5-c4ccccc4)c4ncccc43)cc2)c2ccc3ccccc3c2)cc1. The molecule has 0 amide bonds. The number of nitrogens with zero attached hydrogens (tertiary/aromatic N) is 5. The molecule has 0 saturated carbocycles. The first-order valence-corrected chi connectivity index (χ1v) is 17.8. The lowest BCUT2D eigenvalue weighted by atomic mass is 10.1. The fraction of sp³-hybridized carbons (Fsp3) is 0.0426. The summed E-state index contributed by atoms with van der Waals surface area (Å²) in [6.07, 6.45) is 1.90. The zero-order valence-electron chi connectivity index (χ0n) is 28.5. The molecule has 5 nitrogen and oxygen atoms in total. The predicted molar refractivity (Wildman–Crippen MR) is 218 cm³/mol. The highest BCUT2D eigenvalue weighted by molar-refractivity contribution is 6.10. The van der Waals surface area contributed by atoms with E-state index in [0.717, 1.165) is 58.7 Å². The molecular weight excluding hydrogens is 635 g/mol. The summed E-state index contributed by atoms with van der Waals surface area (Å²) < 4.78 is 2.36. The van der Waals surface area contributed by atoms with Crippen molar-refractivity contribution in [2.45, 2.75) is 0 Å². The average molecular weight is 670 g/mol. The first kappa shape index (κ1) is 30.0. The van der Waals surface area contributed by atoms with Crippen molar-refractivity contribution in [3.05, 3.63) is 188 Å². The highest BCUT2D eigenvalue weighted by atomic mass is 15.3. The van der Waals surface area contributed by atoms with E-state index in [1.807, 2.05) is 12.3 Å². The number of hydrogen-bond donors (Lipinski definition) is 0. The van der Waals surface area contributed by atoms with Gasteiger partial charge in [-0.25, -0.2) is 4.98 Å². The Kier molecular flexibility index (Phi) is 7.21. The van der Waals surface area contributed by atoms with Crippen molar-refractivity contribution in [2.24, 2.45) is 0 Å². The Bertz CT molecular complexity index is 2700. The van der Waals surface area contributed by atoms with E-state index in [4.69, 9.17) is 4.98 Å². The minimum atomic E-state index is 0.807. The number of anilines is 7. The number of pyridine rings is 1. The lowest BCUT2D eigenvalue weighted by Gasteiger charge is -2.38. The maximum atomic E-state index is 4.97. The summed E-state index contributed by atoms with van der Waals surface area (Å²) in [4.78, 5) is 12.1. The maximum absolute atomic E-state index is 4.97. The quantitative estimate of drug-likeness (QED) is 0.176. The highest BCUT2D eigenvalue weighted by Crippen LogP contribution is 2.43. The normalized spacial score (nSPS) is 12.8. The van der Waals surface area contributed by atoms with Crippen LogP contribution in [0.25, 0.3) is 38.3 Å². The number of para-hydroxylation sites is 3. The van der Waals surface area contributed by atoms with E-state index in [1.165, 1.54) is 32.6 Å². The third-order valence-electron chi connectivity index (χ3n) is 10.3. The molecule has 5 heteroatoms. The van der Waals surface area contributed by atoms with Gasteiger partial charge in [-0.1, -0.05) is 84.9 Å². The van der Waals surface area contributed by atoms with E-state index in [-0.39, 0.29) is 0 Å². The lowest BCUT2D eigenvalue weighted by molar-refractivity contribution is 0.833. The standard InChI is InChI=1S/C47H35N5/c1-3-14-37(15-4-1)51(41-22-21-34-12-7-8-13-35(34)32-41)39-25-23-36(24-26-39)49-30-31-50(47-46(49)20-11-29-48-47)40-27-28-45-43(33-40)42-18-9-10-19-44(42)52(45)38-16-5-2-6-17-38/h1-29,32-33H,30-31H2. The third-order valence-corrected chi connectivity index (χ3v) is 10.3. The number of hydrogen-bond acceptors (Lipinski definition) is 4. The second kappa shape index (κ2) is 12.5. The van der Waals surface area contributed by atoms with Crippen molar-refractivity contribution in [3.63, 3.8) is 0 Å². The molecule has 0 saturated heterocycles. The van der Waals surface area contributed by atoms with Gasteiger partial charge in [-0.05, 0) is 108 Å². The van der Waals surface area contributed by atoms with Crippen LogP contribution in [0.3, 0.4) is 0 Å². The first-order valence-electron chi connectivity index (χ1n) is 17.8. The van der Waals surface area contributed by atoms with E-state index in [1.54, 1.807) is 0 Å². The Morgan fingerprint density at radius 1 is 0.423 bits per heavy atom. The van der Waals surface area contributed by atoms with Crippen LogP contribution in [0.1, 0.15) is 0 Å². The Labute approximate surface area is 302 Å². The van der Waals surface area contributed by atoms with Crippen molar-refractivity contribution in [2.75, 3.05) is 27.8 Å². The van der Waals surface area contributed by atoms with Gasteiger partial charge in [0.2, 0.25) is 0 Å². The minimum Gasteiger partial charge on any atom is -0.337 e. The predicted octanol–water partition coefficient (Wildman–Crippen LogP) is 12.1. The topological polar surface area (TPSA) is 27.5 Å². The second-order valence-corrected chi connectivity index (χ2v) is 13.3. The molecule has 1 aliphatic heterocycles. The minimum absolute atomic E-state index is 0.807. The van der Waals surface area contributed by atoms with Crippen LogP contribution in [0.4, 0.5) is 39.9 Å². The van der Waals surface area contributed by atoms with Crippen molar-refractivity contribution in [3.8, 4) is 5.69 Å². The summed E-state index contributed by atoms with van der Waals surface area (Å²) in [5.41, 5.74) is 10.3. The monoisotopic (exact) mass is 669 g/mol. The number of benzene rings is 7. The Morgan fingerprint density at radius 2 is 1.08 bits per heavy atom. The van der Waals surface area contributed by atoms with Crippen LogP contribution < -0.4 is 14.7 Å². The van der Waals surface area contributed by atoms with Crippen LogP contribution in [0.15, 0.2) is 188 Å². The highest BCUT2D eigenvalue weighted by Gasteiger charge is 2.27. The second-order valence-electron chi connectivity index (χ2n) is 13.3. The van der Waals surface area contributed by atoms with E-state index in [0.29, 0.717) is 0 Å². The van der Waals surface area contributed by atoms with E-state index in [9.17, 15) is 0 Å². The zero-order valence-corrected chi connectivity index (χ0v) is 28.5. The van der Waals surface area contributed by atoms with Crippen molar-refractivity contribution in [1.29, 1.82) is 0 Å². The molecule has 0 unspecified atom stereocenters. The maximum Gasteiger partial charge on any atom is 0.157 e. The molecule has 7 aromatic carbocycles. The molecule has 248 valence electrons. The molecule has 0 aliphatic carbocycles. The van der Waals surface area contributed by atoms with E-state index >= 15 is 0 Å².